The minimum atomic E-state index is -0.905. The van der Waals surface area contributed by atoms with Gasteiger partial charge in [0.2, 0.25) is 0 Å². The summed E-state index contributed by atoms with van der Waals surface area (Å²) in [5.41, 5.74) is 2.51. The highest BCUT2D eigenvalue weighted by atomic mass is 16.4. The Morgan fingerprint density at radius 3 is 2.41 bits per heavy atom. The molecule has 0 aliphatic rings. The first-order valence-electron chi connectivity index (χ1n) is 7.29. The lowest BCUT2D eigenvalue weighted by Gasteiger charge is -2.18. The van der Waals surface area contributed by atoms with Gasteiger partial charge in [-0.3, -0.25) is 0 Å². The van der Waals surface area contributed by atoms with Gasteiger partial charge in [-0.05, 0) is 35.9 Å². The summed E-state index contributed by atoms with van der Waals surface area (Å²) in [4.78, 5) is 17.3. The van der Waals surface area contributed by atoms with E-state index in [1.165, 1.54) is 0 Å². The Morgan fingerprint density at radius 1 is 1.18 bits per heavy atom. The highest BCUT2D eigenvalue weighted by Crippen LogP contribution is 2.14. The van der Waals surface area contributed by atoms with Gasteiger partial charge in [-0.2, -0.15) is 0 Å². The zero-order valence-corrected chi connectivity index (χ0v) is 12.9. The van der Waals surface area contributed by atoms with Crippen LogP contribution in [-0.2, 0) is 13.1 Å². The molecule has 5 nitrogen and oxygen atoms in total. The molecule has 5 heteroatoms. The lowest BCUT2D eigenvalue weighted by atomic mass is 10.1. The summed E-state index contributed by atoms with van der Waals surface area (Å²) in [5.74, 6) is -0.0135. The molecule has 0 aliphatic heterocycles. The Balaban J connectivity index is 1.99. The third-order valence-electron chi connectivity index (χ3n) is 3.40. The molecule has 0 amide bonds. The van der Waals surface area contributed by atoms with Crippen LogP contribution in [0, 0.1) is 0 Å². The van der Waals surface area contributed by atoms with Gasteiger partial charge in [0.05, 0.1) is 5.56 Å². The van der Waals surface area contributed by atoms with Crippen molar-refractivity contribution < 1.29 is 9.90 Å². The van der Waals surface area contributed by atoms with Crippen LogP contribution in [-0.4, -0.2) is 29.7 Å². The van der Waals surface area contributed by atoms with Crippen LogP contribution in [0.3, 0.4) is 0 Å². The van der Waals surface area contributed by atoms with Gasteiger partial charge in [0.15, 0.2) is 0 Å². The van der Waals surface area contributed by atoms with E-state index >= 15 is 0 Å². The van der Waals surface area contributed by atoms with E-state index in [0.29, 0.717) is 12.1 Å². The summed E-state index contributed by atoms with van der Waals surface area (Å²) in [6.45, 7) is 4.52. The fraction of sp³-hybridized carbons (Fsp3) is 0.294. The second kappa shape index (κ2) is 7.56. The van der Waals surface area contributed by atoms with Gasteiger partial charge in [0.25, 0.3) is 0 Å². The average molecular weight is 299 g/mol. The molecule has 0 saturated heterocycles. The summed E-state index contributed by atoms with van der Waals surface area (Å²) >= 11 is 0. The van der Waals surface area contributed by atoms with E-state index < -0.39 is 5.97 Å². The van der Waals surface area contributed by atoms with Crippen molar-refractivity contribution in [3.05, 3.63) is 59.3 Å². The van der Waals surface area contributed by atoms with E-state index in [1.807, 2.05) is 36.3 Å². The van der Waals surface area contributed by atoms with Crippen molar-refractivity contribution in [1.29, 1.82) is 0 Å². The van der Waals surface area contributed by atoms with Crippen molar-refractivity contribution in [3.63, 3.8) is 0 Å². The van der Waals surface area contributed by atoms with Crippen LogP contribution in [0.25, 0.3) is 0 Å². The van der Waals surface area contributed by atoms with E-state index in [4.69, 9.17) is 5.11 Å². The van der Waals surface area contributed by atoms with Crippen molar-refractivity contribution >= 4 is 11.8 Å². The van der Waals surface area contributed by atoms with Crippen molar-refractivity contribution in [2.24, 2.45) is 0 Å². The average Bonchev–Trinajstić information content (AvgIpc) is 2.54. The number of aromatic nitrogens is 1. The minimum absolute atomic E-state index is 0.303. The molecule has 0 fully saturated rings. The third-order valence-corrected chi connectivity index (χ3v) is 3.40. The van der Waals surface area contributed by atoms with Gasteiger partial charge in [-0.25, -0.2) is 9.78 Å². The SMILES string of the molecule is CCNCc1ccc(N(C)Cc2ccc(C(=O)O)cc2)nc1. The number of hydrogen-bond acceptors (Lipinski definition) is 4. The van der Waals surface area contributed by atoms with Crippen LogP contribution in [0.4, 0.5) is 5.82 Å². The molecule has 2 N–H and O–H groups in total. The first-order chi connectivity index (χ1) is 10.6. The number of rotatable bonds is 7. The first kappa shape index (κ1) is 16.0. The van der Waals surface area contributed by atoms with E-state index in [1.54, 1.807) is 12.1 Å². The zero-order chi connectivity index (χ0) is 15.9. The highest BCUT2D eigenvalue weighted by Gasteiger charge is 2.06. The Hall–Kier alpha value is -2.40. The number of nitrogens with one attached hydrogen (secondary N) is 1. The summed E-state index contributed by atoms with van der Waals surface area (Å²) in [7, 11) is 1.97. The Labute approximate surface area is 130 Å². The van der Waals surface area contributed by atoms with Crippen LogP contribution in [0.15, 0.2) is 42.6 Å². The lowest BCUT2D eigenvalue weighted by molar-refractivity contribution is 0.0697. The lowest BCUT2D eigenvalue weighted by Crippen LogP contribution is -2.18. The van der Waals surface area contributed by atoms with E-state index in [-0.39, 0.29) is 0 Å². The molecule has 116 valence electrons. The zero-order valence-electron chi connectivity index (χ0n) is 12.9. The molecule has 0 radical (unpaired) electrons. The number of anilines is 1. The van der Waals surface area contributed by atoms with Crippen molar-refractivity contribution in [2.45, 2.75) is 20.0 Å². The number of aromatic carboxylic acids is 1. The fourth-order valence-electron chi connectivity index (χ4n) is 2.12. The maximum Gasteiger partial charge on any atom is 0.335 e. The van der Waals surface area contributed by atoms with Gasteiger partial charge in [-0.15, -0.1) is 0 Å². The van der Waals surface area contributed by atoms with Gasteiger partial charge in [0.1, 0.15) is 5.82 Å². The highest BCUT2D eigenvalue weighted by molar-refractivity contribution is 5.87. The van der Waals surface area contributed by atoms with Crippen LogP contribution in [0.1, 0.15) is 28.4 Å². The maximum atomic E-state index is 10.8. The molecule has 1 aromatic carbocycles. The van der Waals surface area contributed by atoms with Crippen LogP contribution in [0.2, 0.25) is 0 Å². The van der Waals surface area contributed by atoms with E-state index in [9.17, 15) is 4.79 Å². The van der Waals surface area contributed by atoms with Gasteiger partial charge >= 0.3 is 5.97 Å². The summed E-state index contributed by atoms with van der Waals surface area (Å²) in [6, 6.07) is 11.0. The fourth-order valence-corrected chi connectivity index (χ4v) is 2.12. The molecule has 1 aromatic heterocycles. The summed E-state index contributed by atoms with van der Waals surface area (Å²) in [5, 5.41) is 12.2. The monoisotopic (exact) mass is 299 g/mol. The number of hydrogen-bond donors (Lipinski definition) is 2. The van der Waals surface area contributed by atoms with Crippen LogP contribution < -0.4 is 10.2 Å². The van der Waals surface area contributed by atoms with Crippen molar-refractivity contribution in [3.8, 4) is 0 Å². The molecular weight excluding hydrogens is 278 g/mol. The quantitative estimate of drug-likeness (QED) is 0.822. The normalized spacial score (nSPS) is 10.5. The van der Waals surface area contributed by atoms with Crippen LogP contribution in [0.5, 0.6) is 0 Å². The molecule has 22 heavy (non-hydrogen) atoms. The number of pyridine rings is 1. The van der Waals surface area contributed by atoms with Gasteiger partial charge < -0.3 is 15.3 Å². The second-order valence-electron chi connectivity index (χ2n) is 5.16. The molecule has 0 unspecified atom stereocenters. The molecule has 2 rings (SSSR count). The molecule has 0 saturated carbocycles. The number of carbonyl (C=O) groups is 1. The standard InChI is InChI=1S/C17H21N3O2/c1-3-18-10-14-6-9-16(19-11-14)20(2)12-13-4-7-15(8-5-13)17(21)22/h4-9,11,18H,3,10,12H2,1-2H3,(H,21,22). The third kappa shape index (κ3) is 4.30. The molecule has 0 aliphatic carbocycles. The van der Waals surface area contributed by atoms with E-state index in [0.717, 1.165) is 30.0 Å². The predicted octanol–water partition coefficient (Wildman–Crippen LogP) is 2.53. The van der Waals surface area contributed by atoms with Crippen LogP contribution >= 0.6 is 0 Å². The first-order valence-corrected chi connectivity index (χ1v) is 7.29. The number of carboxylic acids is 1. The van der Waals surface area contributed by atoms with Crippen molar-refractivity contribution in [2.75, 3.05) is 18.5 Å². The Kier molecular flexibility index (Phi) is 5.49. The largest absolute Gasteiger partial charge is 0.478 e. The number of carboxylic acid groups (broad SMARTS) is 1. The molecule has 0 atom stereocenters. The number of benzene rings is 1. The van der Waals surface area contributed by atoms with E-state index in [2.05, 4.69) is 23.3 Å². The second-order valence-corrected chi connectivity index (χ2v) is 5.16. The molecule has 0 bridgehead atoms. The maximum absolute atomic E-state index is 10.8. The number of nitrogens with zero attached hydrogens (tertiary/aromatic N) is 2. The summed E-state index contributed by atoms with van der Waals surface area (Å²) < 4.78 is 0. The smallest absolute Gasteiger partial charge is 0.335 e. The molecule has 0 spiro atoms. The van der Waals surface area contributed by atoms with Gasteiger partial charge in [0, 0.05) is 26.3 Å². The topological polar surface area (TPSA) is 65.5 Å². The molecule has 1 heterocycles. The van der Waals surface area contributed by atoms with Crippen molar-refractivity contribution in [1.82, 2.24) is 10.3 Å². The predicted molar refractivity (Wildman–Crippen MR) is 87.1 cm³/mol. The molecule has 2 aromatic rings. The Morgan fingerprint density at radius 2 is 1.86 bits per heavy atom. The summed E-state index contributed by atoms with van der Waals surface area (Å²) in [6.07, 6.45) is 1.88. The Bertz CT molecular complexity index is 609. The van der Waals surface area contributed by atoms with Gasteiger partial charge in [-0.1, -0.05) is 25.1 Å². The minimum Gasteiger partial charge on any atom is -0.478 e. The molecular formula is C17H21N3O2.